The van der Waals surface area contributed by atoms with Gasteiger partial charge in [0.15, 0.2) is 11.6 Å². The Balaban J connectivity index is 1.63. The molecule has 0 heterocycles. The third-order valence-corrected chi connectivity index (χ3v) is 10.3. The van der Waals surface area contributed by atoms with Crippen LogP contribution in [0.5, 0.6) is 0 Å². The highest BCUT2D eigenvalue weighted by Crippen LogP contribution is 2.68. The molecule has 9 unspecified atom stereocenters. The first-order chi connectivity index (χ1) is 15.1. The van der Waals surface area contributed by atoms with Crippen molar-refractivity contribution in [1.82, 2.24) is 0 Å². The SMILES string of the molecule is CC(C(O)CCC(C)(C)O)C1CCC2(O)C3=CC(=O)C4CC(=O)C(O)CC4(C)C3CCC12C. The van der Waals surface area contributed by atoms with Crippen molar-refractivity contribution < 1.29 is 30.0 Å². The number of fused-ring (bicyclic) bond motifs is 5. The van der Waals surface area contributed by atoms with E-state index < -0.39 is 40.2 Å². The normalized spacial score (nSPS) is 45.1. The fourth-order valence-electron chi connectivity index (χ4n) is 8.12. The maximum absolute atomic E-state index is 13.2. The summed E-state index contributed by atoms with van der Waals surface area (Å²) in [5, 5.41) is 43.6. The van der Waals surface area contributed by atoms with Gasteiger partial charge in [0.2, 0.25) is 0 Å². The van der Waals surface area contributed by atoms with Gasteiger partial charge in [0.25, 0.3) is 0 Å². The number of aliphatic hydroxyl groups excluding tert-OH is 2. The van der Waals surface area contributed by atoms with Crippen LogP contribution in [0.25, 0.3) is 0 Å². The van der Waals surface area contributed by atoms with E-state index in [-0.39, 0.29) is 42.2 Å². The molecule has 3 fully saturated rings. The molecule has 4 N–H and O–H groups in total. The summed E-state index contributed by atoms with van der Waals surface area (Å²) in [6, 6.07) is 0. The monoisotopic (exact) mass is 462 g/mol. The van der Waals surface area contributed by atoms with E-state index in [1.807, 2.05) is 13.8 Å². The Hall–Kier alpha value is -1.08. The molecule has 0 spiro atoms. The topological polar surface area (TPSA) is 115 Å². The summed E-state index contributed by atoms with van der Waals surface area (Å²) in [6.45, 7) is 9.67. The van der Waals surface area contributed by atoms with E-state index in [0.717, 1.165) is 24.8 Å². The van der Waals surface area contributed by atoms with Gasteiger partial charge in [-0.1, -0.05) is 20.8 Å². The highest BCUT2D eigenvalue weighted by molar-refractivity contribution is 5.99. The average molecular weight is 463 g/mol. The number of rotatable bonds is 5. The number of carbonyl (C=O) groups is 2. The summed E-state index contributed by atoms with van der Waals surface area (Å²) in [4.78, 5) is 25.4. The fourth-order valence-corrected chi connectivity index (χ4v) is 8.12. The van der Waals surface area contributed by atoms with Crippen molar-refractivity contribution in [2.24, 2.45) is 34.5 Å². The van der Waals surface area contributed by atoms with E-state index in [2.05, 4.69) is 6.92 Å². The van der Waals surface area contributed by atoms with Crippen LogP contribution in [0, 0.1) is 34.5 Å². The van der Waals surface area contributed by atoms with Gasteiger partial charge in [0.1, 0.15) is 6.10 Å². The molecule has 0 bridgehead atoms. The molecule has 9 atom stereocenters. The molecule has 6 heteroatoms. The van der Waals surface area contributed by atoms with Gasteiger partial charge in [-0.15, -0.1) is 0 Å². The molecule has 4 rings (SSSR count). The van der Waals surface area contributed by atoms with Gasteiger partial charge in [-0.25, -0.2) is 0 Å². The molecule has 6 nitrogen and oxygen atoms in total. The second-order valence-corrected chi connectivity index (χ2v) is 12.7. The van der Waals surface area contributed by atoms with E-state index in [1.165, 1.54) is 0 Å². The van der Waals surface area contributed by atoms with Crippen LogP contribution in [0.4, 0.5) is 0 Å². The predicted molar refractivity (Wildman–Crippen MR) is 124 cm³/mol. The second kappa shape index (κ2) is 7.97. The lowest BCUT2D eigenvalue weighted by Crippen LogP contribution is -2.60. The van der Waals surface area contributed by atoms with E-state index >= 15 is 0 Å². The molecule has 4 aliphatic carbocycles. The molecule has 0 aromatic rings. The van der Waals surface area contributed by atoms with Crippen LogP contribution < -0.4 is 0 Å². The highest BCUT2D eigenvalue weighted by Gasteiger charge is 2.67. The third kappa shape index (κ3) is 3.76. The zero-order chi connectivity index (χ0) is 24.6. The number of allylic oxidation sites excluding steroid dienone is 1. The van der Waals surface area contributed by atoms with Crippen molar-refractivity contribution in [2.75, 3.05) is 0 Å². The predicted octanol–water partition coefficient (Wildman–Crippen LogP) is 2.95. The zero-order valence-corrected chi connectivity index (χ0v) is 20.8. The first-order valence-corrected chi connectivity index (χ1v) is 12.7. The maximum atomic E-state index is 13.2. The Morgan fingerprint density at radius 2 is 1.82 bits per heavy atom. The van der Waals surface area contributed by atoms with E-state index in [1.54, 1.807) is 19.9 Å². The van der Waals surface area contributed by atoms with Crippen LogP contribution in [0.3, 0.4) is 0 Å². The van der Waals surface area contributed by atoms with Crippen molar-refractivity contribution in [3.63, 3.8) is 0 Å². The standard InChI is InChI=1S/C27H42O6/c1-15(20(28)8-9-24(2,3)32)16-7-11-27(33)18-12-21(29)19-13-22(30)23(31)14-25(19,4)17(18)6-10-26(16,27)5/h12,15-17,19-20,23,28,31-33H,6-11,13-14H2,1-5H3. The molecule has 0 amide bonds. The molecule has 0 saturated heterocycles. The lowest BCUT2D eigenvalue weighted by molar-refractivity contribution is -0.154. The Labute approximate surface area is 197 Å². The Bertz CT molecular complexity index is 857. The summed E-state index contributed by atoms with van der Waals surface area (Å²) < 4.78 is 0. The smallest absolute Gasteiger partial charge is 0.162 e. The second-order valence-electron chi connectivity index (χ2n) is 12.7. The third-order valence-electron chi connectivity index (χ3n) is 10.3. The van der Waals surface area contributed by atoms with Crippen LogP contribution in [0.1, 0.15) is 86.0 Å². The lowest BCUT2D eigenvalue weighted by Gasteiger charge is -2.59. The zero-order valence-electron chi connectivity index (χ0n) is 20.8. The Kier molecular flexibility index (Phi) is 6.05. The van der Waals surface area contributed by atoms with Crippen LogP contribution in [-0.2, 0) is 9.59 Å². The number of Topliss-reactive ketones (excluding diaryl/α,β-unsaturated/α-hetero) is 1. The summed E-state index contributed by atoms with van der Waals surface area (Å²) in [7, 11) is 0. The van der Waals surface area contributed by atoms with Gasteiger partial charge in [-0.05, 0) is 93.6 Å². The van der Waals surface area contributed by atoms with E-state index in [4.69, 9.17) is 0 Å². The molecule has 186 valence electrons. The minimum absolute atomic E-state index is 0.0322. The van der Waals surface area contributed by atoms with Gasteiger partial charge in [0, 0.05) is 17.8 Å². The van der Waals surface area contributed by atoms with Crippen molar-refractivity contribution >= 4 is 11.6 Å². The Morgan fingerprint density at radius 3 is 2.45 bits per heavy atom. The minimum Gasteiger partial charge on any atom is -0.393 e. The number of hydrogen-bond acceptors (Lipinski definition) is 6. The summed E-state index contributed by atoms with van der Waals surface area (Å²) in [6.07, 6.45) is 4.30. The molecule has 33 heavy (non-hydrogen) atoms. The van der Waals surface area contributed by atoms with E-state index in [9.17, 15) is 30.0 Å². The number of aliphatic hydroxyl groups is 4. The van der Waals surface area contributed by atoms with E-state index in [0.29, 0.717) is 19.3 Å². The van der Waals surface area contributed by atoms with Crippen molar-refractivity contribution in [2.45, 2.75) is 109 Å². The number of ketones is 2. The van der Waals surface area contributed by atoms with Gasteiger partial charge in [0.05, 0.1) is 17.3 Å². The first-order valence-electron chi connectivity index (χ1n) is 12.7. The molecule has 0 aromatic carbocycles. The van der Waals surface area contributed by atoms with Crippen molar-refractivity contribution in [3.05, 3.63) is 11.6 Å². The highest BCUT2D eigenvalue weighted by atomic mass is 16.3. The molecule has 4 aliphatic rings. The quantitative estimate of drug-likeness (QED) is 0.499. The van der Waals surface area contributed by atoms with Crippen LogP contribution in [0.2, 0.25) is 0 Å². The molecule has 0 aliphatic heterocycles. The molecule has 3 saturated carbocycles. The van der Waals surface area contributed by atoms with Crippen LogP contribution in [0.15, 0.2) is 11.6 Å². The lowest BCUT2D eigenvalue weighted by atomic mass is 9.46. The molecule has 0 radical (unpaired) electrons. The van der Waals surface area contributed by atoms with Gasteiger partial charge in [-0.3, -0.25) is 9.59 Å². The van der Waals surface area contributed by atoms with Crippen LogP contribution in [-0.4, -0.2) is 55.4 Å². The fraction of sp³-hybridized carbons (Fsp3) is 0.852. The molecule has 0 aromatic heterocycles. The van der Waals surface area contributed by atoms with Gasteiger partial charge < -0.3 is 20.4 Å². The first kappa shape index (κ1) is 25.0. The molecular weight excluding hydrogens is 420 g/mol. The number of carbonyl (C=O) groups excluding carboxylic acids is 2. The van der Waals surface area contributed by atoms with Crippen molar-refractivity contribution in [1.29, 1.82) is 0 Å². The maximum Gasteiger partial charge on any atom is 0.162 e. The summed E-state index contributed by atoms with van der Waals surface area (Å²) in [5.41, 5.74) is -2.15. The molecular formula is C27H42O6. The van der Waals surface area contributed by atoms with Crippen molar-refractivity contribution in [3.8, 4) is 0 Å². The van der Waals surface area contributed by atoms with Crippen LogP contribution >= 0.6 is 0 Å². The number of hydrogen-bond donors (Lipinski definition) is 4. The minimum atomic E-state index is -1.12. The Morgan fingerprint density at radius 1 is 1.15 bits per heavy atom. The average Bonchev–Trinajstić information content (AvgIpc) is 2.99. The van der Waals surface area contributed by atoms with Gasteiger partial charge in [-0.2, -0.15) is 0 Å². The summed E-state index contributed by atoms with van der Waals surface area (Å²) >= 11 is 0. The summed E-state index contributed by atoms with van der Waals surface area (Å²) in [5.74, 6) is -0.745. The van der Waals surface area contributed by atoms with Gasteiger partial charge >= 0.3 is 0 Å². The largest absolute Gasteiger partial charge is 0.393 e.